The first-order valence-corrected chi connectivity index (χ1v) is 9.88. The zero-order valence-electron chi connectivity index (χ0n) is 16.9. The molecule has 0 spiro atoms. The van der Waals surface area contributed by atoms with Crippen LogP contribution in [0.5, 0.6) is 11.5 Å². The van der Waals surface area contributed by atoms with Crippen LogP contribution < -0.4 is 14.8 Å². The van der Waals surface area contributed by atoms with Crippen LogP contribution >= 0.6 is 11.6 Å². The molecule has 1 heterocycles. The highest BCUT2D eigenvalue weighted by molar-refractivity contribution is 6.32. The molecule has 0 aliphatic carbocycles. The minimum atomic E-state index is -0.511. The first-order chi connectivity index (χ1) is 15.0. The zero-order chi connectivity index (χ0) is 22.4. The number of imide groups is 1. The quantitative estimate of drug-likeness (QED) is 0.378. The molecule has 1 fully saturated rings. The monoisotopic (exact) mass is 437 g/mol. The molecular formula is C23H20ClN3O4. The molecule has 0 bridgehead atoms. The van der Waals surface area contributed by atoms with Crippen molar-refractivity contribution in [3.63, 3.8) is 0 Å². The maximum atomic E-state index is 12.4. The van der Waals surface area contributed by atoms with Crippen LogP contribution in [0.25, 0.3) is 6.08 Å². The summed E-state index contributed by atoms with van der Waals surface area (Å²) in [6.07, 6.45) is 2.99. The predicted octanol–water partition coefficient (Wildman–Crippen LogP) is 4.27. The number of hydrogen-bond acceptors (Lipinski definition) is 5. The molecule has 0 saturated carbocycles. The average molecular weight is 438 g/mol. The second-order valence-corrected chi connectivity index (χ2v) is 6.92. The molecule has 1 aliphatic rings. The Morgan fingerprint density at radius 2 is 2.03 bits per heavy atom. The summed E-state index contributed by atoms with van der Waals surface area (Å²) in [5, 5.41) is 12.1. The molecule has 3 amide bonds. The smallest absolute Gasteiger partial charge is 0.329 e. The number of hydrogen-bond donors (Lipinski definition) is 1. The fourth-order valence-corrected chi connectivity index (χ4v) is 3.29. The standard InChI is InChI=1S/C23H20ClN3O4/c1-3-9-27-22(28)19(26-23(27)29)11-15-10-18(24)21(20(12-15)30-4-2)31-14-17-8-6-5-7-16(17)13-25/h3,5-8,10-12H,1,4,9,14H2,2H3,(H,26,29)/b19-11+. The van der Waals surface area contributed by atoms with Crippen LogP contribution in [-0.2, 0) is 11.4 Å². The van der Waals surface area contributed by atoms with E-state index in [4.69, 9.17) is 21.1 Å². The third-order valence-corrected chi connectivity index (χ3v) is 4.71. The van der Waals surface area contributed by atoms with E-state index in [2.05, 4.69) is 18.0 Å². The van der Waals surface area contributed by atoms with Crippen LogP contribution in [0.2, 0.25) is 5.02 Å². The lowest BCUT2D eigenvalue weighted by atomic mass is 10.1. The van der Waals surface area contributed by atoms with Gasteiger partial charge >= 0.3 is 6.03 Å². The Balaban J connectivity index is 1.89. The van der Waals surface area contributed by atoms with Crippen molar-refractivity contribution >= 4 is 29.6 Å². The fraction of sp³-hybridized carbons (Fsp3) is 0.174. The molecule has 1 N–H and O–H groups in total. The highest BCUT2D eigenvalue weighted by Crippen LogP contribution is 2.38. The zero-order valence-corrected chi connectivity index (χ0v) is 17.6. The van der Waals surface area contributed by atoms with E-state index in [-0.39, 0.29) is 23.9 Å². The maximum absolute atomic E-state index is 12.4. The largest absolute Gasteiger partial charge is 0.490 e. The summed E-state index contributed by atoms with van der Waals surface area (Å²) >= 11 is 6.44. The predicted molar refractivity (Wildman–Crippen MR) is 117 cm³/mol. The number of ether oxygens (including phenoxy) is 2. The molecule has 1 aliphatic heterocycles. The van der Waals surface area contributed by atoms with Crippen LogP contribution in [0, 0.1) is 11.3 Å². The molecule has 3 rings (SSSR count). The summed E-state index contributed by atoms with van der Waals surface area (Å²) in [5.41, 5.74) is 1.91. The van der Waals surface area contributed by atoms with Gasteiger partial charge in [0.25, 0.3) is 5.91 Å². The van der Waals surface area contributed by atoms with Crippen LogP contribution in [0.1, 0.15) is 23.6 Å². The van der Waals surface area contributed by atoms with Gasteiger partial charge in [0.05, 0.1) is 23.3 Å². The molecule has 8 heteroatoms. The van der Waals surface area contributed by atoms with Gasteiger partial charge in [-0.3, -0.25) is 9.69 Å². The Morgan fingerprint density at radius 3 is 2.74 bits per heavy atom. The average Bonchev–Trinajstić information content (AvgIpc) is 3.01. The third kappa shape index (κ3) is 4.87. The number of rotatable bonds is 8. The van der Waals surface area contributed by atoms with Gasteiger partial charge in [-0.15, -0.1) is 6.58 Å². The first-order valence-electron chi connectivity index (χ1n) is 9.51. The van der Waals surface area contributed by atoms with E-state index in [0.717, 1.165) is 10.5 Å². The number of benzene rings is 2. The highest BCUT2D eigenvalue weighted by atomic mass is 35.5. The number of carbonyl (C=O) groups excluding carboxylic acids is 2. The normalized spacial score (nSPS) is 14.4. The number of halogens is 1. The SMILES string of the molecule is C=CCN1C(=O)N/C(=C/c2cc(Cl)c(OCc3ccccc3C#N)c(OCC)c2)C1=O. The Morgan fingerprint density at radius 1 is 1.26 bits per heavy atom. The van der Waals surface area contributed by atoms with E-state index in [1.165, 1.54) is 12.2 Å². The van der Waals surface area contributed by atoms with Crippen molar-refractivity contribution in [2.75, 3.05) is 13.2 Å². The Labute approximate surface area is 185 Å². The van der Waals surface area contributed by atoms with Crippen molar-refractivity contribution in [2.24, 2.45) is 0 Å². The molecule has 0 aromatic heterocycles. The third-order valence-electron chi connectivity index (χ3n) is 4.43. The fourth-order valence-electron chi connectivity index (χ4n) is 3.01. The van der Waals surface area contributed by atoms with Gasteiger partial charge in [0, 0.05) is 12.1 Å². The molecular weight excluding hydrogens is 418 g/mol. The van der Waals surface area contributed by atoms with Gasteiger partial charge in [-0.25, -0.2) is 4.79 Å². The van der Waals surface area contributed by atoms with Crippen LogP contribution in [0.15, 0.2) is 54.8 Å². The molecule has 2 aromatic rings. The highest BCUT2D eigenvalue weighted by Gasteiger charge is 2.32. The van der Waals surface area contributed by atoms with Gasteiger partial charge in [0.15, 0.2) is 11.5 Å². The first kappa shape index (κ1) is 21.9. The minimum absolute atomic E-state index is 0.115. The number of carbonyl (C=O) groups is 2. The Bertz CT molecular complexity index is 1100. The second kappa shape index (κ2) is 9.83. The van der Waals surface area contributed by atoms with Crippen molar-refractivity contribution in [2.45, 2.75) is 13.5 Å². The summed E-state index contributed by atoms with van der Waals surface area (Å²) < 4.78 is 11.6. The summed E-state index contributed by atoms with van der Waals surface area (Å²) in [4.78, 5) is 25.4. The van der Waals surface area contributed by atoms with Crippen LogP contribution in [-0.4, -0.2) is 30.0 Å². The molecule has 7 nitrogen and oxygen atoms in total. The van der Waals surface area contributed by atoms with Gasteiger partial charge in [0.1, 0.15) is 12.3 Å². The topological polar surface area (TPSA) is 91.7 Å². The van der Waals surface area contributed by atoms with Crippen molar-refractivity contribution < 1.29 is 19.1 Å². The van der Waals surface area contributed by atoms with Gasteiger partial charge in [0.2, 0.25) is 0 Å². The molecule has 2 aromatic carbocycles. The molecule has 31 heavy (non-hydrogen) atoms. The summed E-state index contributed by atoms with van der Waals surface area (Å²) in [6.45, 7) is 5.98. The number of nitrogens with one attached hydrogen (secondary N) is 1. The molecule has 158 valence electrons. The van der Waals surface area contributed by atoms with Gasteiger partial charge in [-0.1, -0.05) is 35.9 Å². The summed E-state index contributed by atoms with van der Waals surface area (Å²) in [7, 11) is 0. The number of nitrogens with zero attached hydrogens (tertiary/aromatic N) is 2. The maximum Gasteiger partial charge on any atom is 0.329 e. The van der Waals surface area contributed by atoms with Crippen molar-refractivity contribution in [1.82, 2.24) is 10.2 Å². The van der Waals surface area contributed by atoms with Crippen molar-refractivity contribution in [3.05, 3.63) is 76.5 Å². The molecule has 0 atom stereocenters. The van der Waals surface area contributed by atoms with Gasteiger partial charge in [-0.2, -0.15) is 5.26 Å². The molecule has 1 saturated heterocycles. The van der Waals surface area contributed by atoms with Gasteiger partial charge < -0.3 is 14.8 Å². The van der Waals surface area contributed by atoms with E-state index in [1.807, 2.05) is 13.0 Å². The van der Waals surface area contributed by atoms with Crippen molar-refractivity contribution in [3.8, 4) is 17.6 Å². The van der Waals surface area contributed by atoms with E-state index >= 15 is 0 Å². The number of amides is 3. The Hall–Kier alpha value is -3.76. The summed E-state index contributed by atoms with van der Waals surface area (Å²) in [5.74, 6) is 0.261. The van der Waals surface area contributed by atoms with E-state index in [9.17, 15) is 14.9 Å². The lowest BCUT2D eigenvalue weighted by Gasteiger charge is -2.15. The lowest BCUT2D eigenvalue weighted by molar-refractivity contribution is -0.122. The van der Waals surface area contributed by atoms with E-state index in [1.54, 1.807) is 30.3 Å². The summed E-state index contributed by atoms with van der Waals surface area (Å²) in [6, 6.07) is 12.0. The van der Waals surface area contributed by atoms with E-state index < -0.39 is 11.9 Å². The van der Waals surface area contributed by atoms with Crippen molar-refractivity contribution in [1.29, 1.82) is 5.26 Å². The minimum Gasteiger partial charge on any atom is -0.490 e. The molecule has 0 unspecified atom stereocenters. The molecule has 0 radical (unpaired) electrons. The second-order valence-electron chi connectivity index (χ2n) is 6.51. The van der Waals surface area contributed by atoms with E-state index in [0.29, 0.717) is 29.2 Å². The lowest BCUT2D eigenvalue weighted by Crippen LogP contribution is -2.30. The van der Waals surface area contributed by atoms with Gasteiger partial charge in [-0.05, 0) is 36.8 Å². The van der Waals surface area contributed by atoms with Crippen LogP contribution in [0.4, 0.5) is 4.79 Å². The number of urea groups is 1. The Kier molecular flexibility index (Phi) is 6.96. The van der Waals surface area contributed by atoms with Crippen LogP contribution in [0.3, 0.4) is 0 Å². The number of nitriles is 1.